The van der Waals surface area contributed by atoms with Gasteiger partial charge in [-0.2, -0.15) is 0 Å². The van der Waals surface area contributed by atoms with Crippen LogP contribution in [0.4, 0.5) is 0 Å². The Balaban J connectivity index is 2.06. The zero-order chi connectivity index (χ0) is 10.2. The highest BCUT2D eigenvalue weighted by molar-refractivity contribution is 4.71. The normalized spacial score (nSPS) is 24.0. The van der Waals surface area contributed by atoms with Gasteiger partial charge in [-0.3, -0.25) is 0 Å². The van der Waals surface area contributed by atoms with Gasteiger partial charge in [-0.05, 0) is 25.3 Å². The zero-order valence-electron chi connectivity index (χ0n) is 9.72. The molecule has 0 aromatic heterocycles. The van der Waals surface area contributed by atoms with E-state index in [0.717, 1.165) is 25.6 Å². The van der Waals surface area contributed by atoms with Crippen molar-refractivity contribution >= 4 is 0 Å². The number of unbranched alkanes of at least 4 members (excludes halogenated alkanes) is 1. The van der Waals surface area contributed by atoms with E-state index in [9.17, 15) is 0 Å². The van der Waals surface area contributed by atoms with Crippen molar-refractivity contribution in [1.29, 1.82) is 0 Å². The molecule has 0 bridgehead atoms. The second kappa shape index (κ2) is 7.24. The van der Waals surface area contributed by atoms with Crippen LogP contribution < -0.4 is 5.32 Å². The first-order valence-electron chi connectivity index (χ1n) is 6.19. The van der Waals surface area contributed by atoms with Crippen LogP contribution in [0.15, 0.2) is 0 Å². The third kappa shape index (κ3) is 4.43. The lowest BCUT2D eigenvalue weighted by atomic mass is 10.0. The quantitative estimate of drug-likeness (QED) is 0.680. The summed E-state index contributed by atoms with van der Waals surface area (Å²) in [6, 6.07) is 0. The maximum atomic E-state index is 5.89. The van der Waals surface area contributed by atoms with Crippen molar-refractivity contribution in [2.24, 2.45) is 5.92 Å². The van der Waals surface area contributed by atoms with Gasteiger partial charge in [-0.15, -0.1) is 0 Å². The Labute approximate surface area is 88.4 Å². The third-order valence-electron chi connectivity index (χ3n) is 3.13. The molecule has 1 aliphatic heterocycles. The fourth-order valence-electron chi connectivity index (χ4n) is 1.94. The molecule has 1 heterocycles. The molecule has 1 fully saturated rings. The molecule has 0 spiro atoms. The summed E-state index contributed by atoms with van der Waals surface area (Å²) < 4.78 is 5.89. The van der Waals surface area contributed by atoms with Crippen LogP contribution >= 0.6 is 0 Å². The summed E-state index contributed by atoms with van der Waals surface area (Å²) in [6.07, 6.45) is 6.95. The van der Waals surface area contributed by atoms with Gasteiger partial charge in [-0.25, -0.2) is 0 Å². The molecule has 0 aromatic carbocycles. The van der Waals surface area contributed by atoms with Crippen molar-refractivity contribution in [3.63, 3.8) is 0 Å². The molecule has 0 aromatic rings. The fourth-order valence-corrected chi connectivity index (χ4v) is 1.94. The Morgan fingerprint density at radius 1 is 1.43 bits per heavy atom. The molecule has 2 heteroatoms. The largest absolute Gasteiger partial charge is 0.377 e. The van der Waals surface area contributed by atoms with Crippen LogP contribution in [-0.2, 0) is 4.74 Å². The van der Waals surface area contributed by atoms with Gasteiger partial charge >= 0.3 is 0 Å². The number of ether oxygens (including phenoxy) is 1. The summed E-state index contributed by atoms with van der Waals surface area (Å²) in [4.78, 5) is 0. The summed E-state index contributed by atoms with van der Waals surface area (Å²) in [7, 11) is 0. The van der Waals surface area contributed by atoms with Crippen LogP contribution in [0.25, 0.3) is 0 Å². The third-order valence-corrected chi connectivity index (χ3v) is 3.13. The maximum Gasteiger partial charge on any atom is 0.0711 e. The predicted octanol–water partition coefficient (Wildman–Crippen LogP) is 2.58. The Morgan fingerprint density at radius 2 is 2.29 bits per heavy atom. The van der Waals surface area contributed by atoms with E-state index in [1.54, 1.807) is 0 Å². The number of hydrogen-bond acceptors (Lipinski definition) is 2. The topological polar surface area (TPSA) is 21.3 Å². The molecule has 14 heavy (non-hydrogen) atoms. The minimum Gasteiger partial charge on any atom is -0.377 e. The molecule has 2 atom stereocenters. The lowest BCUT2D eigenvalue weighted by Gasteiger charge is -2.17. The molecule has 0 saturated carbocycles. The van der Waals surface area contributed by atoms with Gasteiger partial charge in [0.25, 0.3) is 0 Å². The van der Waals surface area contributed by atoms with E-state index >= 15 is 0 Å². The highest BCUT2D eigenvalue weighted by Crippen LogP contribution is 2.15. The zero-order valence-corrected chi connectivity index (χ0v) is 9.72. The first-order chi connectivity index (χ1) is 6.86. The van der Waals surface area contributed by atoms with Gasteiger partial charge in [0.05, 0.1) is 6.10 Å². The van der Waals surface area contributed by atoms with Crippen molar-refractivity contribution in [2.75, 3.05) is 19.7 Å². The van der Waals surface area contributed by atoms with Crippen LogP contribution in [0, 0.1) is 5.92 Å². The van der Waals surface area contributed by atoms with Crippen LogP contribution in [0.5, 0.6) is 0 Å². The molecule has 0 amide bonds. The van der Waals surface area contributed by atoms with E-state index in [2.05, 4.69) is 19.2 Å². The van der Waals surface area contributed by atoms with Crippen LogP contribution in [-0.4, -0.2) is 25.8 Å². The van der Waals surface area contributed by atoms with E-state index in [0.29, 0.717) is 6.10 Å². The Kier molecular flexibility index (Phi) is 6.20. The summed E-state index contributed by atoms with van der Waals surface area (Å²) in [5.74, 6) is 0.788. The first-order valence-corrected chi connectivity index (χ1v) is 6.19. The molecule has 1 saturated heterocycles. The van der Waals surface area contributed by atoms with Crippen molar-refractivity contribution in [3.05, 3.63) is 0 Å². The van der Waals surface area contributed by atoms with Crippen molar-refractivity contribution < 1.29 is 4.74 Å². The Morgan fingerprint density at radius 3 is 2.86 bits per heavy atom. The van der Waals surface area contributed by atoms with E-state index in [1.807, 2.05) is 0 Å². The second-order valence-electron chi connectivity index (χ2n) is 4.36. The van der Waals surface area contributed by atoms with Crippen molar-refractivity contribution in [2.45, 2.75) is 52.1 Å². The number of hydrogen-bond donors (Lipinski definition) is 1. The standard InChI is InChI=1S/C12H25NO/c1-3-5-6-11(4-2)10-14-12-7-8-13-9-12/h11-13H,3-10H2,1-2H3/t11?,12-/m1/s1. The van der Waals surface area contributed by atoms with Crippen molar-refractivity contribution in [1.82, 2.24) is 5.32 Å². The summed E-state index contributed by atoms with van der Waals surface area (Å²) in [5.41, 5.74) is 0. The maximum absolute atomic E-state index is 5.89. The van der Waals surface area contributed by atoms with Crippen LogP contribution in [0.2, 0.25) is 0 Å². The number of nitrogens with one attached hydrogen (secondary N) is 1. The Bertz CT molecular complexity index is 132. The molecular weight excluding hydrogens is 174 g/mol. The molecule has 84 valence electrons. The molecule has 0 aliphatic carbocycles. The lowest BCUT2D eigenvalue weighted by Crippen LogP contribution is -2.20. The van der Waals surface area contributed by atoms with E-state index in [1.165, 1.54) is 32.1 Å². The summed E-state index contributed by atoms with van der Waals surface area (Å²) >= 11 is 0. The minimum atomic E-state index is 0.491. The van der Waals surface area contributed by atoms with Crippen LogP contribution in [0.3, 0.4) is 0 Å². The van der Waals surface area contributed by atoms with Gasteiger partial charge in [0, 0.05) is 13.2 Å². The van der Waals surface area contributed by atoms with E-state index < -0.39 is 0 Å². The summed E-state index contributed by atoms with van der Waals surface area (Å²) in [6.45, 7) is 7.70. The van der Waals surface area contributed by atoms with Crippen molar-refractivity contribution in [3.8, 4) is 0 Å². The second-order valence-corrected chi connectivity index (χ2v) is 4.36. The SMILES string of the molecule is CCCCC(CC)CO[C@@H]1CCNC1. The predicted molar refractivity (Wildman–Crippen MR) is 60.5 cm³/mol. The molecule has 1 aliphatic rings. The number of rotatable bonds is 7. The van der Waals surface area contributed by atoms with Gasteiger partial charge in [0.2, 0.25) is 0 Å². The first kappa shape index (κ1) is 12.0. The molecule has 1 N–H and O–H groups in total. The minimum absolute atomic E-state index is 0.491. The fraction of sp³-hybridized carbons (Fsp3) is 1.00. The molecule has 1 unspecified atom stereocenters. The molecule has 0 radical (unpaired) electrons. The van der Waals surface area contributed by atoms with Gasteiger partial charge in [0.1, 0.15) is 0 Å². The van der Waals surface area contributed by atoms with Gasteiger partial charge in [-0.1, -0.05) is 33.1 Å². The molecular formula is C12H25NO. The highest BCUT2D eigenvalue weighted by Gasteiger charge is 2.16. The summed E-state index contributed by atoms with van der Waals surface area (Å²) in [5, 5.41) is 3.33. The van der Waals surface area contributed by atoms with Gasteiger partial charge in [0.15, 0.2) is 0 Å². The highest BCUT2D eigenvalue weighted by atomic mass is 16.5. The van der Waals surface area contributed by atoms with Crippen LogP contribution in [0.1, 0.15) is 46.0 Å². The lowest BCUT2D eigenvalue weighted by molar-refractivity contribution is 0.0376. The molecule has 2 nitrogen and oxygen atoms in total. The Hall–Kier alpha value is -0.0800. The average molecular weight is 199 g/mol. The average Bonchev–Trinajstić information content (AvgIpc) is 2.71. The molecule has 1 rings (SSSR count). The van der Waals surface area contributed by atoms with E-state index in [4.69, 9.17) is 4.74 Å². The monoisotopic (exact) mass is 199 g/mol. The smallest absolute Gasteiger partial charge is 0.0711 e. The van der Waals surface area contributed by atoms with Gasteiger partial charge < -0.3 is 10.1 Å². The van der Waals surface area contributed by atoms with E-state index in [-0.39, 0.29) is 0 Å².